The van der Waals surface area contributed by atoms with Gasteiger partial charge in [0.1, 0.15) is 5.82 Å². The molecule has 1 saturated heterocycles. The van der Waals surface area contributed by atoms with E-state index in [1.807, 2.05) is 13.0 Å². The van der Waals surface area contributed by atoms with Crippen molar-refractivity contribution >= 4 is 11.7 Å². The molecule has 1 aliphatic heterocycles. The van der Waals surface area contributed by atoms with E-state index in [0.717, 1.165) is 12.0 Å². The Kier molecular flexibility index (Phi) is 3.24. The summed E-state index contributed by atoms with van der Waals surface area (Å²) in [5, 5.41) is 11.5. The molecule has 88 valence electrons. The molecule has 0 saturated carbocycles. The summed E-state index contributed by atoms with van der Waals surface area (Å²) in [5.74, 6) is 0.396. The van der Waals surface area contributed by atoms with Crippen LogP contribution in [0.4, 0.5) is 5.82 Å². The maximum atomic E-state index is 11.9. The van der Waals surface area contributed by atoms with Gasteiger partial charge in [0.15, 0.2) is 6.19 Å². The molecular weight excluding hydrogens is 216 g/mol. The highest BCUT2D eigenvalue weighted by Gasteiger charge is 2.27. The van der Waals surface area contributed by atoms with Crippen molar-refractivity contribution in [2.45, 2.75) is 13.3 Å². The number of aryl methyl sites for hydroxylation is 1. The first-order valence-corrected chi connectivity index (χ1v) is 5.57. The lowest BCUT2D eigenvalue weighted by molar-refractivity contribution is -0.119. The van der Waals surface area contributed by atoms with Crippen LogP contribution >= 0.6 is 0 Å². The second kappa shape index (κ2) is 4.83. The zero-order valence-corrected chi connectivity index (χ0v) is 9.68. The molecule has 0 aromatic carbocycles. The lowest BCUT2D eigenvalue weighted by Gasteiger charge is -2.10. The molecule has 17 heavy (non-hydrogen) atoms. The first-order valence-electron chi connectivity index (χ1n) is 5.57. The standard InChI is InChI=1S/C12H14N4O/c1-9-2-3-11(14-6-9)15-12(17)10-4-5-16(7-10)8-13/h2-3,6,10H,4-5,7H2,1H3,(H,14,15,17). The molecular formula is C12H14N4O. The number of pyridine rings is 1. The molecule has 1 amide bonds. The zero-order valence-electron chi connectivity index (χ0n) is 9.68. The van der Waals surface area contributed by atoms with Crippen LogP contribution in [-0.4, -0.2) is 28.9 Å². The Bertz CT molecular complexity index is 449. The van der Waals surface area contributed by atoms with Gasteiger partial charge in [0.05, 0.1) is 5.92 Å². The third-order valence-electron chi connectivity index (χ3n) is 2.86. The van der Waals surface area contributed by atoms with Crippen molar-refractivity contribution in [2.24, 2.45) is 5.92 Å². The van der Waals surface area contributed by atoms with Gasteiger partial charge in [-0.3, -0.25) is 4.79 Å². The van der Waals surface area contributed by atoms with E-state index >= 15 is 0 Å². The van der Waals surface area contributed by atoms with E-state index in [9.17, 15) is 4.79 Å². The van der Waals surface area contributed by atoms with Gasteiger partial charge in [-0.2, -0.15) is 5.26 Å². The number of likely N-dealkylation sites (tertiary alicyclic amines) is 1. The van der Waals surface area contributed by atoms with Gasteiger partial charge < -0.3 is 10.2 Å². The van der Waals surface area contributed by atoms with Crippen LogP contribution < -0.4 is 5.32 Å². The second-order valence-electron chi connectivity index (χ2n) is 4.24. The van der Waals surface area contributed by atoms with E-state index in [1.165, 1.54) is 0 Å². The van der Waals surface area contributed by atoms with Gasteiger partial charge in [-0.05, 0) is 25.0 Å². The number of hydrogen-bond acceptors (Lipinski definition) is 4. The van der Waals surface area contributed by atoms with Crippen LogP contribution in [0.1, 0.15) is 12.0 Å². The van der Waals surface area contributed by atoms with E-state index in [4.69, 9.17) is 5.26 Å². The Morgan fingerprint density at radius 3 is 3.06 bits per heavy atom. The van der Waals surface area contributed by atoms with Gasteiger partial charge in [-0.1, -0.05) is 6.07 Å². The molecule has 2 rings (SSSR count). The molecule has 1 aliphatic rings. The van der Waals surface area contributed by atoms with Gasteiger partial charge in [0, 0.05) is 19.3 Å². The summed E-state index contributed by atoms with van der Waals surface area (Å²) in [5.41, 5.74) is 1.06. The smallest absolute Gasteiger partial charge is 0.230 e. The quantitative estimate of drug-likeness (QED) is 0.773. The van der Waals surface area contributed by atoms with E-state index in [2.05, 4.69) is 16.5 Å². The molecule has 5 nitrogen and oxygen atoms in total. The van der Waals surface area contributed by atoms with E-state index in [1.54, 1.807) is 17.2 Å². The summed E-state index contributed by atoms with van der Waals surface area (Å²) in [6, 6.07) is 3.68. The monoisotopic (exact) mass is 230 g/mol. The predicted molar refractivity (Wildman–Crippen MR) is 62.9 cm³/mol. The number of hydrogen-bond donors (Lipinski definition) is 1. The molecule has 1 atom stereocenters. The van der Waals surface area contributed by atoms with Crippen molar-refractivity contribution in [1.29, 1.82) is 5.26 Å². The molecule has 1 N–H and O–H groups in total. The third kappa shape index (κ3) is 2.72. The zero-order chi connectivity index (χ0) is 12.3. The number of aromatic nitrogens is 1. The van der Waals surface area contributed by atoms with Gasteiger partial charge in [0.25, 0.3) is 0 Å². The van der Waals surface area contributed by atoms with Crippen molar-refractivity contribution in [3.05, 3.63) is 23.9 Å². The summed E-state index contributed by atoms with van der Waals surface area (Å²) in [7, 11) is 0. The Morgan fingerprint density at radius 1 is 1.65 bits per heavy atom. The first-order chi connectivity index (χ1) is 8.19. The molecule has 5 heteroatoms. The molecule has 1 aromatic rings. The average Bonchev–Trinajstić information content (AvgIpc) is 2.81. The topological polar surface area (TPSA) is 69.0 Å². The molecule has 1 unspecified atom stereocenters. The number of rotatable bonds is 2. The maximum Gasteiger partial charge on any atom is 0.230 e. The predicted octanol–water partition coefficient (Wildman–Crippen LogP) is 1.13. The molecule has 0 aliphatic carbocycles. The highest BCUT2D eigenvalue weighted by atomic mass is 16.2. The summed E-state index contributed by atoms with van der Waals surface area (Å²) >= 11 is 0. The largest absolute Gasteiger partial charge is 0.310 e. The first kappa shape index (κ1) is 11.4. The fraction of sp³-hybridized carbons (Fsp3) is 0.417. The minimum atomic E-state index is -0.113. The van der Waals surface area contributed by atoms with Crippen molar-refractivity contribution in [3.8, 4) is 6.19 Å². The lowest BCUT2D eigenvalue weighted by atomic mass is 10.1. The van der Waals surface area contributed by atoms with E-state index in [0.29, 0.717) is 18.9 Å². The van der Waals surface area contributed by atoms with E-state index in [-0.39, 0.29) is 11.8 Å². The van der Waals surface area contributed by atoms with Crippen molar-refractivity contribution in [2.75, 3.05) is 18.4 Å². The normalized spacial score (nSPS) is 18.8. The summed E-state index contributed by atoms with van der Waals surface area (Å²) in [6.07, 6.45) is 4.50. The highest BCUT2D eigenvalue weighted by Crippen LogP contribution is 2.17. The molecule has 0 bridgehead atoms. The molecule has 2 heterocycles. The lowest BCUT2D eigenvalue weighted by Crippen LogP contribution is -2.25. The summed E-state index contributed by atoms with van der Waals surface area (Å²) < 4.78 is 0. The summed E-state index contributed by atoms with van der Waals surface area (Å²) in [4.78, 5) is 17.6. The highest BCUT2D eigenvalue weighted by molar-refractivity contribution is 5.92. The van der Waals surface area contributed by atoms with Gasteiger partial charge in [0.2, 0.25) is 5.91 Å². The number of nitriles is 1. The Labute approximate surface area is 100 Å². The maximum absolute atomic E-state index is 11.9. The number of amides is 1. The number of anilines is 1. The SMILES string of the molecule is Cc1ccc(NC(=O)C2CCN(C#N)C2)nc1. The van der Waals surface area contributed by atoms with Gasteiger partial charge >= 0.3 is 0 Å². The fourth-order valence-electron chi connectivity index (χ4n) is 1.84. The van der Waals surface area contributed by atoms with Crippen molar-refractivity contribution < 1.29 is 4.79 Å². The number of nitrogens with one attached hydrogen (secondary N) is 1. The minimum absolute atomic E-state index is 0.0564. The van der Waals surface area contributed by atoms with Gasteiger partial charge in [-0.25, -0.2) is 4.98 Å². The van der Waals surface area contributed by atoms with Crippen LogP contribution in [0.15, 0.2) is 18.3 Å². The molecule has 1 fully saturated rings. The molecule has 1 aromatic heterocycles. The average molecular weight is 230 g/mol. The van der Waals surface area contributed by atoms with Crippen LogP contribution in [0.5, 0.6) is 0 Å². The Hall–Kier alpha value is -2.09. The number of carbonyl (C=O) groups excluding carboxylic acids is 1. The molecule has 0 spiro atoms. The van der Waals surface area contributed by atoms with Crippen LogP contribution in [0.3, 0.4) is 0 Å². The molecule has 0 radical (unpaired) electrons. The number of nitrogens with zero attached hydrogens (tertiary/aromatic N) is 3. The van der Waals surface area contributed by atoms with E-state index < -0.39 is 0 Å². The summed E-state index contributed by atoms with van der Waals surface area (Å²) in [6.45, 7) is 3.12. The Morgan fingerprint density at radius 2 is 2.47 bits per heavy atom. The van der Waals surface area contributed by atoms with Crippen molar-refractivity contribution in [1.82, 2.24) is 9.88 Å². The number of carbonyl (C=O) groups is 1. The second-order valence-corrected chi connectivity index (χ2v) is 4.24. The van der Waals surface area contributed by atoms with Crippen LogP contribution in [-0.2, 0) is 4.79 Å². The Balaban J connectivity index is 1.94. The fourth-order valence-corrected chi connectivity index (χ4v) is 1.84. The van der Waals surface area contributed by atoms with Crippen LogP contribution in [0.2, 0.25) is 0 Å². The third-order valence-corrected chi connectivity index (χ3v) is 2.86. The van der Waals surface area contributed by atoms with Gasteiger partial charge in [-0.15, -0.1) is 0 Å². The van der Waals surface area contributed by atoms with Crippen LogP contribution in [0, 0.1) is 24.3 Å². The van der Waals surface area contributed by atoms with Crippen molar-refractivity contribution in [3.63, 3.8) is 0 Å². The van der Waals surface area contributed by atoms with Crippen LogP contribution in [0.25, 0.3) is 0 Å². The minimum Gasteiger partial charge on any atom is -0.310 e.